The Morgan fingerprint density at radius 2 is 2.00 bits per heavy atom. The van der Waals surface area contributed by atoms with Crippen LogP contribution in [0, 0.1) is 6.92 Å². The van der Waals surface area contributed by atoms with Gasteiger partial charge < -0.3 is 14.6 Å². The monoisotopic (exact) mass is 339 g/mol. The molecule has 130 valence electrons. The second kappa shape index (κ2) is 7.85. The van der Waals surface area contributed by atoms with Gasteiger partial charge in [0, 0.05) is 12.1 Å². The molecule has 1 atom stereocenters. The molecule has 3 rings (SSSR count). The van der Waals surface area contributed by atoms with E-state index in [0.29, 0.717) is 29.8 Å². The molecule has 2 heterocycles. The summed E-state index contributed by atoms with van der Waals surface area (Å²) in [5.74, 6) is 1.39. The number of rotatable bonds is 7. The number of methoxy groups -OCH3 is 1. The Labute approximate surface area is 146 Å². The van der Waals surface area contributed by atoms with Crippen LogP contribution in [0.4, 0.5) is 0 Å². The Kier molecular flexibility index (Phi) is 5.35. The molecule has 0 bridgehead atoms. The Hall–Kier alpha value is -2.80. The number of hydrogen-bond acceptors (Lipinski definition) is 7. The van der Waals surface area contributed by atoms with E-state index in [4.69, 9.17) is 9.26 Å². The smallest absolute Gasteiger partial charge is 0.240 e. The van der Waals surface area contributed by atoms with Crippen molar-refractivity contribution in [1.29, 1.82) is 0 Å². The van der Waals surface area contributed by atoms with Gasteiger partial charge in [0.1, 0.15) is 12.0 Å². The highest BCUT2D eigenvalue weighted by Crippen LogP contribution is 2.19. The van der Waals surface area contributed by atoms with Gasteiger partial charge in [0.25, 0.3) is 0 Å². The molecule has 0 aliphatic rings. The van der Waals surface area contributed by atoms with Crippen molar-refractivity contribution in [2.45, 2.75) is 32.9 Å². The van der Waals surface area contributed by atoms with E-state index in [1.165, 1.54) is 17.5 Å². The van der Waals surface area contributed by atoms with Gasteiger partial charge in [0.2, 0.25) is 17.6 Å². The number of benzene rings is 1. The van der Waals surface area contributed by atoms with Crippen molar-refractivity contribution in [3.63, 3.8) is 0 Å². The fourth-order valence-electron chi connectivity index (χ4n) is 2.51. The average Bonchev–Trinajstić information content (AvgIpc) is 3.13. The Balaban J connectivity index is 1.67. The van der Waals surface area contributed by atoms with Gasteiger partial charge in [-0.25, -0.2) is 9.97 Å². The fourth-order valence-corrected chi connectivity index (χ4v) is 2.51. The lowest BCUT2D eigenvalue weighted by Crippen LogP contribution is -2.20. The van der Waals surface area contributed by atoms with Gasteiger partial charge in [0.15, 0.2) is 0 Å². The van der Waals surface area contributed by atoms with Crippen LogP contribution in [-0.4, -0.2) is 27.2 Å². The molecule has 0 saturated carbocycles. The molecule has 0 spiro atoms. The lowest BCUT2D eigenvalue weighted by molar-refractivity contribution is 0.356. The van der Waals surface area contributed by atoms with Crippen LogP contribution in [0.15, 0.2) is 41.2 Å². The highest BCUT2D eigenvalue weighted by atomic mass is 16.5. The van der Waals surface area contributed by atoms with E-state index in [2.05, 4.69) is 63.5 Å². The van der Waals surface area contributed by atoms with Gasteiger partial charge in [-0.2, -0.15) is 4.98 Å². The highest BCUT2D eigenvalue weighted by Gasteiger charge is 2.14. The minimum Gasteiger partial charge on any atom is -0.481 e. The standard InChI is InChI=1S/C18H21N5O2/c1-4-14(13-7-5-12(2)6-8-13)19-10-17-22-18(23-25-17)15-9-16(24-3)21-11-20-15/h5-9,11,14,19H,4,10H2,1-3H3. The number of aryl methyl sites for hydroxylation is 1. The van der Waals surface area contributed by atoms with Crippen LogP contribution >= 0.6 is 0 Å². The first-order valence-electron chi connectivity index (χ1n) is 8.18. The molecular weight excluding hydrogens is 318 g/mol. The lowest BCUT2D eigenvalue weighted by Gasteiger charge is -2.16. The number of nitrogens with one attached hydrogen (secondary N) is 1. The molecule has 3 aromatic rings. The normalized spacial score (nSPS) is 12.1. The third-order valence-electron chi connectivity index (χ3n) is 3.94. The van der Waals surface area contributed by atoms with E-state index in [0.717, 1.165) is 6.42 Å². The van der Waals surface area contributed by atoms with Crippen LogP contribution < -0.4 is 10.1 Å². The van der Waals surface area contributed by atoms with Crippen LogP contribution in [0.1, 0.15) is 36.4 Å². The molecule has 0 saturated heterocycles. The number of ether oxygens (including phenoxy) is 1. The summed E-state index contributed by atoms with van der Waals surface area (Å²) < 4.78 is 10.4. The minimum atomic E-state index is 0.232. The van der Waals surface area contributed by atoms with Crippen LogP contribution in [0.3, 0.4) is 0 Å². The van der Waals surface area contributed by atoms with Crippen LogP contribution in [0.5, 0.6) is 5.88 Å². The van der Waals surface area contributed by atoms with Gasteiger partial charge in [0.05, 0.1) is 13.7 Å². The van der Waals surface area contributed by atoms with Crippen molar-refractivity contribution in [2.24, 2.45) is 0 Å². The number of hydrogen-bond donors (Lipinski definition) is 1. The van der Waals surface area contributed by atoms with Gasteiger partial charge >= 0.3 is 0 Å². The summed E-state index contributed by atoms with van der Waals surface area (Å²) in [7, 11) is 1.55. The van der Waals surface area contributed by atoms with Gasteiger partial charge in [-0.3, -0.25) is 0 Å². The maximum Gasteiger partial charge on any atom is 0.240 e. The largest absolute Gasteiger partial charge is 0.481 e. The van der Waals surface area contributed by atoms with E-state index in [1.807, 2.05) is 0 Å². The predicted octanol–water partition coefficient (Wildman–Crippen LogP) is 3.08. The molecule has 0 aliphatic carbocycles. The van der Waals surface area contributed by atoms with E-state index in [1.54, 1.807) is 13.2 Å². The third kappa shape index (κ3) is 4.19. The number of aromatic nitrogens is 4. The Morgan fingerprint density at radius 3 is 2.72 bits per heavy atom. The zero-order valence-electron chi connectivity index (χ0n) is 14.6. The zero-order valence-corrected chi connectivity index (χ0v) is 14.6. The van der Waals surface area contributed by atoms with Crippen LogP contribution in [-0.2, 0) is 6.54 Å². The van der Waals surface area contributed by atoms with E-state index in [-0.39, 0.29) is 6.04 Å². The summed E-state index contributed by atoms with van der Waals surface area (Å²) in [6, 6.07) is 10.4. The molecule has 0 aliphatic heterocycles. The third-order valence-corrected chi connectivity index (χ3v) is 3.94. The van der Waals surface area contributed by atoms with E-state index in [9.17, 15) is 0 Å². The molecule has 1 aromatic carbocycles. The average molecular weight is 339 g/mol. The maximum atomic E-state index is 5.32. The highest BCUT2D eigenvalue weighted by molar-refractivity contribution is 5.49. The quantitative estimate of drug-likeness (QED) is 0.708. The van der Waals surface area contributed by atoms with E-state index < -0.39 is 0 Å². The summed E-state index contributed by atoms with van der Waals surface area (Å²) in [4.78, 5) is 12.5. The van der Waals surface area contributed by atoms with Gasteiger partial charge in [-0.05, 0) is 18.9 Å². The molecule has 1 N–H and O–H groups in total. The van der Waals surface area contributed by atoms with E-state index >= 15 is 0 Å². The summed E-state index contributed by atoms with van der Waals surface area (Å²) in [6.07, 6.45) is 2.38. The molecular formula is C18H21N5O2. The number of nitrogens with zero attached hydrogens (tertiary/aromatic N) is 4. The first-order valence-corrected chi connectivity index (χ1v) is 8.18. The van der Waals surface area contributed by atoms with Crippen LogP contribution in [0.25, 0.3) is 11.5 Å². The predicted molar refractivity (Wildman–Crippen MR) is 92.9 cm³/mol. The molecule has 7 heteroatoms. The van der Waals surface area contributed by atoms with Crippen molar-refractivity contribution in [3.05, 3.63) is 53.7 Å². The molecule has 2 aromatic heterocycles. The molecule has 1 unspecified atom stereocenters. The second-order valence-corrected chi connectivity index (χ2v) is 5.71. The van der Waals surface area contributed by atoms with Crippen molar-refractivity contribution < 1.29 is 9.26 Å². The molecule has 25 heavy (non-hydrogen) atoms. The Bertz CT molecular complexity index is 816. The first kappa shape index (κ1) is 17.0. The first-order chi connectivity index (χ1) is 12.2. The van der Waals surface area contributed by atoms with Gasteiger partial charge in [-0.15, -0.1) is 0 Å². The molecule has 0 amide bonds. The second-order valence-electron chi connectivity index (χ2n) is 5.71. The summed E-state index contributed by atoms with van der Waals surface area (Å²) in [5, 5.41) is 7.43. The van der Waals surface area contributed by atoms with Crippen molar-refractivity contribution in [1.82, 2.24) is 25.4 Å². The fraction of sp³-hybridized carbons (Fsp3) is 0.333. The minimum absolute atomic E-state index is 0.232. The van der Waals surface area contributed by atoms with Crippen molar-refractivity contribution in [2.75, 3.05) is 7.11 Å². The molecule has 7 nitrogen and oxygen atoms in total. The lowest BCUT2D eigenvalue weighted by atomic mass is 10.0. The summed E-state index contributed by atoms with van der Waals surface area (Å²) in [5.41, 5.74) is 3.06. The van der Waals surface area contributed by atoms with Crippen molar-refractivity contribution in [3.8, 4) is 17.4 Å². The maximum absolute atomic E-state index is 5.32. The molecule has 0 fully saturated rings. The van der Waals surface area contributed by atoms with Gasteiger partial charge in [-0.1, -0.05) is 41.9 Å². The summed E-state index contributed by atoms with van der Waals surface area (Å²) >= 11 is 0. The van der Waals surface area contributed by atoms with Crippen molar-refractivity contribution >= 4 is 0 Å². The summed E-state index contributed by atoms with van der Waals surface area (Å²) in [6.45, 7) is 4.71. The van der Waals surface area contributed by atoms with Crippen LogP contribution in [0.2, 0.25) is 0 Å². The Morgan fingerprint density at radius 1 is 1.20 bits per heavy atom. The topological polar surface area (TPSA) is 86.0 Å². The SMILES string of the molecule is CCC(NCc1nc(-c2cc(OC)ncn2)no1)c1ccc(C)cc1. The molecule has 0 radical (unpaired) electrons. The zero-order chi connectivity index (χ0) is 17.6.